The highest BCUT2D eigenvalue weighted by Gasteiger charge is 2.06. The Morgan fingerprint density at radius 1 is 1.00 bits per heavy atom. The molecule has 8 nitrogen and oxygen atoms in total. The van der Waals surface area contributed by atoms with Gasteiger partial charge in [-0.1, -0.05) is 23.8 Å². The fourth-order valence-electron chi connectivity index (χ4n) is 2.26. The van der Waals surface area contributed by atoms with E-state index in [1.165, 1.54) is 13.2 Å². The van der Waals surface area contributed by atoms with Crippen LogP contribution in [0.3, 0.4) is 0 Å². The Hall–Kier alpha value is -3.59. The molecule has 30 heavy (non-hydrogen) atoms. The number of amides is 2. The van der Waals surface area contributed by atoms with Crippen molar-refractivity contribution in [1.29, 1.82) is 0 Å². The third-order valence-corrected chi connectivity index (χ3v) is 3.98. The highest BCUT2D eigenvalue weighted by molar-refractivity contribution is 7.80. The largest absolute Gasteiger partial charge is 0.493 e. The van der Waals surface area contributed by atoms with Gasteiger partial charge in [-0.2, -0.15) is 0 Å². The monoisotopic (exact) mass is 429 g/mol. The maximum absolute atomic E-state index is 12.0. The van der Waals surface area contributed by atoms with Crippen LogP contribution in [0.1, 0.15) is 11.1 Å². The smallest absolute Gasteiger partial charge is 0.276 e. The molecule has 0 saturated heterocycles. The van der Waals surface area contributed by atoms with Gasteiger partial charge >= 0.3 is 0 Å². The van der Waals surface area contributed by atoms with Crippen LogP contribution in [0, 0.1) is 6.92 Å². The minimum Gasteiger partial charge on any atom is -0.493 e. The van der Waals surface area contributed by atoms with Crippen LogP contribution in [0.5, 0.6) is 17.2 Å². The topological polar surface area (TPSA) is 97.9 Å². The van der Waals surface area contributed by atoms with Gasteiger partial charge in [0.2, 0.25) is 5.91 Å². The number of aryl methyl sites for hydroxylation is 1. The van der Waals surface area contributed by atoms with E-state index in [1.807, 2.05) is 19.1 Å². The van der Waals surface area contributed by atoms with Crippen LogP contribution >= 0.6 is 12.2 Å². The third kappa shape index (κ3) is 7.44. The molecule has 0 unspecified atom stereocenters. The number of benzene rings is 2. The van der Waals surface area contributed by atoms with Gasteiger partial charge in [0.1, 0.15) is 5.75 Å². The minimum absolute atomic E-state index is 0.0550. The molecule has 0 aliphatic heterocycles. The van der Waals surface area contributed by atoms with Crippen LogP contribution in [0.2, 0.25) is 0 Å². The Labute approximate surface area is 180 Å². The van der Waals surface area contributed by atoms with Crippen LogP contribution in [0.25, 0.3) is 6.08 Å². The Kier molecular flexibility index (Phi) is 8.64. The standard InChI is InChI=1S/C21H23N3O5S/c1-14-4-8-16(9-5-14)29-13-20(26)23-24-21(30)22-19(25)11-7-15-6-10-17(27-2)18(12-15)28-3/h4-12H,13H2,1-3H3,(H,23,26)(H2,22,24,25,30)/b11-7+. The van der Waals surface area contributed by atoms with Crippen molar-refractivity contribution in [3.05, 3.63) is 59.7 Å². The van der Waals surface area contributed by atoms with Gasteiger partial charge in [-0.3, -0.25) is 25.8 Å². The maximum Gasteiger partial charge on any atom is 0.276 e. The quantitative estimate of drug-likeness (QED) is 0.352. The van der Waals surface area contributed by atoms with E-state index < -0.39 is 11.8 Å². The molecule has 0 aliphatic carbocycles. The summed E-state index contributed by atoms with van der Waals surface area (Å²) in [5.74, 6) is 0.798. The lowest BCUT2D eigenvalue weighted by molar-refractivity contribution is -0.123. The van der Waals surface area contributed by atoms with Crippen LogP contribution in [0.4, 0.5) is 0 Å². The summed E-state index contributed by atoms with van der Waals surface area (Å²) in [4.78, 5) is 23.8. The number of carbonyl (C=O) groups is 2. The second kappa shape index (κ2) is 11.4. The van der Waals surface area contributed by atoms with E-state index in [0.717, 1.165) is 11.1 Å². The first-order valence-electron chi connectivity index (χ1n) is 8.90. The molecule has 0 saturated carbocycles. The zero-order valence-electron chi connectivity index (χ0n) is 16.9. The van der Waals surface area contributed by atoms with Crippen molar-refractivity contribution in [3.63, 3.8) is 0 Å². The average Bonchev–Trinajstić information content (AvgIpc) is 2.75. The number of hydrogen-bond acceptors (Lipinski definition) is 6. The first-order valence-corrected chi connectivity index (χ1v) is 9.31. The van der Waals surface area contributed by atoms with E-state index in [0.29, 0.717) is 17.2 Å². The number of rotatable bonds is 7. The molecule has 3 N–H and O–H groups in total. The molecular formula is C21H23N3O5S. The van der Waals surface area contributed by atoms with E-state index in [-0.39, 0.29) is 11.7 Å². The van der Waals surface area contributed by atoms with E-state index in [1.54, 1.807) is 43.5 Å². The summed E-state index contributed by atoms with van der Waals surface area (Å²) >= 11 is 4.97. The van der Waals surface area contributed by atoms with Crippen LogP contribution in [-0.4, -0.2) is 37.8 Å². The zero-order valence-corrected chi connectivity index (χ0v) is 17.7. The molecule has 2 aromatic rings. The Bertz CT molecular complexity index is 929. The first kappa shape index (κ1) is 22.7. The molecule has 2 amide bonds. The SMILES string of the molecule is COc1ccc(/C=C/C(=O)NC(=S)NNC(=O)COc2ccc(C)cc2)cc1OC. The molecule has 2 rings (SSSR count). The molecule has 9 heteroatoms. The van der Waals surface area contributed by atoms with Gasteiger partial charge in [-0.15, -0.1) is 0 Å². The summed E-state index contributed by atoms with van der Waals surface area (Å²) in [6.07, 6.45) is 2.89. The number of thiocarbonyl (C=S) groups is 1. The highest BCUT2D eigenvalue weighted by Crippen LogP contribution is 2.27. The van der Waals surface area contributed by atoms with Gasteiger partial charge in [0.15, 0.2) is 23.2 Å². The summed E-state index contributed by atoms with van der Waals surface area (Å²) in [6, 6.07) is 12.5. The Morgan fingerprint density at radius 3 is 2.37 bits per heavy atom. The summed E-state index contributed by atoms with van der Waals surface area (Å²) in [7, 11) is 3.07. The van der Waals surface area contributed by atoms with Crippen molar-refractivity contribution in [1.82, 2.24) is 16.2 Å². The first-order chi connectivity index (χ1) is 14.4. The Morgan fingerprint density at radius 2 is 1.70 bits per heavy atom. The zero-order chi connectivity index (χ0) is 21.9. The number of hydrazine groups is 1. The summed E-state index contributed by atoms with van der Waals surface area (Å²) < 4.78 is 15.7. The predicted molar refractivity (Wildman–Crippen MR) is 117 cm³/mol. The molecule has 0 fully saturated rings. The molecule has 0 atom stereocenters. The molecule has 0 aromatic heterocycles. The second-order valence-corrected chi connectivity index (χ2v) is 6.45. The number of methoxy groups -OCH3 is 2. The normalized spacial score (nSPS) is 10.2. The van der Waals surface area contributed by atoms with Gasteiger partial charge in [0.25, 0.3) is 5.91 Å². The lowest BCUT2D eigenvalue weighted by Crippen LogP contribution is -2.49. The molecule has 0 radical (unpaired) electrons. The van der Waals surface area contributed by atoms with Gasteiger partial charge < -0.3 is 14.2 Å². The van der Waals surface area contributed by atoms with Crippen LogP contribution in [-0.2, 0) is 9.59 Å². The van der Waals surface area contributed by atoms with Crippen LogP contribution in [0.15, 0.2) is 48.5 Å². The molecule has 0 bridgehead atoms. The summed E-state index contributed by atoms with van der Waals surface area (Å²) in [5, 5.41) is 2.36. The van der Waals surface area contributed by atoms with E-state index in [2.05, 4.69) is 16.2 Å². The fourth-order valence-corrected chi connectivity index (χ4v) is 2.41. The number of carbonyl (C=O) groups excluding carboxylic acids is 2. The molecule has 158 valence electrons. The number of ether oxygens (including phenoxy) is 3. The van der Waals surface area contributed by atoms with Crippen molar-refractivity contribution in [2.45, 2.75) is 6.92 Å². The fraction of sp³-hybridized carbons (Fsp3) is 0.190. The van der Waals surface area contributed by atoms with Gasteiger partial charge in [0, 0.05) is 6.08 Å². The van der Waals surface area contributed by atoms with Crippen LogP contribution < -0.4 is 30.4 Å². The molecular weight excluding hydrogens is 406 g/mol. The van der Waals surface area contributed by atoms with E-state index in [9.17, 15) is 9.59 Å². The maximum atomic E-state index is 12.0. The van der Waals surface area contributed by atoms with Crippen molar-refractivity contribution < 1.29 is 23.8 Å². The predicted octanol–water partition coefficient (Wildman–Crippen LogP) is 2.13. The van der Waals surface area contributed by atoms with Gasteiger partial charge in [0.05, 0.1) is 14.2 Å². The van der Waals surface area contributed by atoms with E-state index in [4.69, 9.17) is 26.4 Å². The van der Waals surface area contributed by atoms with Crippen molar-refractivity contribution in [3.8, 4) is 17.2 Å². The highest BCUT2D eigenvalue weighted by atomic mass is 32.1. The molecule has 0 aliphatic rings. The summed E-state index contributed by atoms with van der Waals surface area (Å²) in [6.45, 7) is 1.75. The average molecular weight is 429 g/mol. The Balaban J connectivity index is 1.74. The van der Waals surface area contributed by atoms with Gasteiger partial charge in [-0.25, -0.2) is 0 Å². The van der Waals surface area contributed by atoms with Crippen molar-refractivity contribution >= 4 is 35.2 Å². The minimum atomic E-state index is -0.465. The lowest BCUT2D eigenvalue weighted by atomic mass is 10.2. The van der Waals surface area contributed by atoms with Crippen molar-refractivity contribution in [2.75, 3.05) is 20.8 Å². The number of hydrogen-bond donors (Lipinski definition) is 3. The molecule has 2 aromatic carbocycles. The van der Waals surface area contributed by atoms with Gasteiger partial charge in [-0.05, 0) is 55.0 Å². The lowest BCUT2D eigenvalue weighted by Gasteiger charge is -2.10. The number of nitrogens with one attached hydrogen (secondary N) is 3. The van der Waals surface area contributed by atoms with E-state index >= 15 is 0 Å². The summed E-state index contributed by atoms with van der Waals surface area (Å²) in [5.41, 5.74) is 6.62. The second-order valence-electron chi connectivity index (χ2n) is 6.04. The molecule has 0 heterocycles. The third-order valence-electron chi connectivity index (χ3n) is 3.78. The molecule has 0 spiro atoms. The van der Waals surface area contributed by atoms with Crippen molar-refractivity contribution in [2.24, 2.45) is 0 Å².